The number of carbonyl (C=O) groups is 1. The molecule has 0 amide bonds. The van der Waals surface area contributed by atoms with Crippen molar-refractivity contribution < 1.29 is 9.90 Å². The van der Waals surface area contributed by atoms with Crippen molar-refractivity contribution in [3.63, 3.8) is 0 Å². The molecule has 1 atom stereocenters. The first kappa shape index (κ1) is 16.8. The second-order valence-corrected chi connectivity index (χ2v) is 6.56. The highest BCUT2D eigenvalue weighted by Gasteiger charge is 2.25. The molecule has 0 saturated carbocycles. The topological polar surface area (TPSA) is 40.5 Å². The molecule has 2 rings (SSSR count). The molecule has 0 unspecified atom stereocenters. The predicted molar refractivity (Wildman–Crippen MR) is 89.9 cm³/mol. The van der Waals surface area contributed by atoms with Gasteiger partial charge in [0.1, 0.15) is 0 Å². The lowest BCUT2D eigenvalue weighted by atomic mass is 10.0. The standard InChI is InChI=1S/C19H27NO2/c1-15(2)12-14-20-13-4-6-18(20)17-10-8-16(9-11-17)5-3-7-19(21)22/h3,7-11,15,18H,4-6,12-14H2,1-2H3,(H,21,22)/b7-3+/t18-/m0/s1. The van der Waals surface area contributed by atoms with Crippen molar-refractivity contribution in [1.82, 2.24) is 4.90 Å². The molecule has 0 radical (unpaired) electrons. The number of carboxylic acid groups (broad SMARTS) is 1. The average Bonchev–Trinajstić information content (AvgIpc) is 2.94. The summed E-state index contributed by atoms with van der Waals surface area (Å²) >= 11 is 0. The van der Waals surface area contributed by atoms with Gasteiger partial charge in [0.2, 0.25) is 0 Å². The van der Waals surface area contributed by atoms with Gasteiger partial charge in [-0.1, -0.05) is 44.2 Å². The van der Waals surface area contributed by atoms with Gasteiger partial charge < -0.3 is 5.11 Å². The molecule has 1 saturated heterocycles. The van der Waals surface area contributed by atoms with Crippen LogP contribution in [-0.4, -0.2) is 29.1 Å². The molecule has 3 nitrogen and oxygen atoms in total. The van der Waals surface area contributed by atoms with Gasteiger partial charge in [0.25, 0.3) is 0 Å². The van der Waals surface area contributed by atoms with Crippen LogP contribution < -0.4 is 0 Å². The van der Waals surface area contributed by atoms with Crippen LogP contribution in [0.5, 0.6) is 0 Å². The molecule has 22 heavy (non-hydrogen) atoms. The van der Waals surface area contributed by atoms with Crippen LogP contribution in [0.25, 0.3) is 0 Å². The predicted octanol–water partition coefficient (Wildman–Crippen LogP) is 4.05. The zero-order chi connectivity index (χ0) is 15.9. The Bertz CT molecular complexity index is 505. The largest absolute Gasteiger partial charge is 0.478 e. The van der Waals surface area contributed by atoms with Gasteiger partial charge in [-0.25, -0.2) is 4.79 Å². The van der Waals surface area contributed by atoms with Crippen LogP contribution >= 0.6 is 0 Å². The first-order chi connectivity index (χ1) is 10.6. The second kappa shape index (κ2) is 8.14. The van der Waals surface area contributed by atoms with E-state index in [-0.39, 0.29) is 0 Å². The fraction of sp³-hybridized carbons (Fsp3) is 0.526. The maximum absolute atomic E-state index is 10.5. The SMILES string of the molecule is CC(C)CCN1CCC[C@H]1c1ccc(C/C=C/C(=O)O)cc1. The van der Waals surface area contributed by atoms with E-state index in [1.807, 2.05) is 0 Å². The molecule has 3 heteroatoms. The minimum Gasteiger partial charge on any atom is -0.478 e. The van der Waals surface area contributed by atoms with Gasteiger partial charge in [-0.2, -0.15) is 0 Å². The van der Waals surface area contributed by atoms with Crippen LogP contribution in [0.15, 0.2) is 36.4 Å². The van der Waals surface area contributed by atoms with E-state index in [0.717, 1.165) is 11.5 Å². The van der Waals surface area contributed by atoms with Crippen LogP contribution in [0, 0.1) is 5.92 Å². The third-order valence-electron chi connectivity index (χ3n) is 4.34. The quantitative estimate of drug-likeness (QED) is 0.772. The van der Waals surface area contributed by atoms with Gasteiger partial charge in [0, 0.05) is 12.1 Å². The first-order valence-electron chi connectivity index (χ1n) is 8.28. The molecule has 1 heterocycles. The van der Waals surface area contributed by atoms with Crippen LogP contribution in [-0.2, 0) is 11.2 Å². The van der Waals surface area contributed by atoms with E-state index in [4.69, 9.17) is 5.11 Å². The Labute approximate surface area is 133 Å². The molecule has 1 N–H and O–H groups in total. The lowest BCUT2D eigenvalue weighted by Gasteiger charge is -2.25. The Morgan fingerprint density at radius 2 is 2.09 bits per heavy atom. The highest BCUT2D eigenvalue weighted by atomic mass is 16.4. The minimum absolute atomic E-state index is 0.558. The van der Waals surface area contributed by atoms with E-state index < -0.39 is 5.97 Å². The van der Waals surface area contributed by atoms with Crippen molar-refractivity contribution >= 4 is 5.97 Å². The Morgan fingerprint density at radius 1 is 1.36 bits per heavy atom. The van der Waals surface area contributed by atoms with Gasteiger partial charge in [-0.3, -0.25) is 4.90 Å². The third kappa shape index (κ3) is 4.99. The van der Waals surface area contributed by atoms with Crippen LogP contribution in [0.1, 0.15) is 50.3 Å². The number of likely N-dealkylation sites (tertiary alicyclic amines) is 1. The van der Waals surface area contributed by atoms with Gasteiger partial charge in [0.05, 0.1) is 0 Å². The van der Waals surface area contributed by atoms with Gasteiger partial charge >= 0.3 is 5.97 Å². The maximum Gasteiger partial charge on any atom is 0.327 e. The lowest BCUT2D eigenvalue weighted by Crippen LogP contribution is -2.25. The van der Waals surface area contributed by atoms with Crippen LogP contribution in [0.3, 0.4) is 0 Å². The number of rotatable bonds is 7. The summed E-state index contributed by atoms with van der Waals surface area (Å²) in [6, 6.07) is 9.23. The zero-order valence-corrected chi connectivity index (χ0v) is 13.7. The highest BCUT2D eigenvalue weighted by molar-refractivity contribution is 5.79. The molecule has 120 valence electrons. The molecular formula is C19H27NO2. The van der Waals surface area contributed by atoms with Crippen molar-refractivity contribution in [2.24, 2.45) is 5.92 Å². The van der Waals surface area contributed by atoms with Crippen molar-refractivity contribution in [1.29, 1.82) is 0 Å². The Balaban J connectivity index is 1.95. The summed E-state index contributed by atoms with van der Waals surface area (Å²) in [6.45, 7) is 6.96. The molecule has 1 aromatic carbocycles. The summed E-state index contributed by atoms with van der Waals surface area (Å²) < 4.78 is 0. The van der Waals surface area contributed by atoms with Crippen molar-refractivity contribution in [2.45, 2.75) is 45.6 Å². The van der Waals surface area contributed by atoms with Crippen molar-refractivity contribution in [3.05, 3.63) is 47.5 Å². The summed E-state index contributed by atoms with van der Waals surface area (Å²) in [4.78, 5) is 13.1. The molecule has 0 spiro atoms. The summed E-state index contributed by atoms with van der Waals surface area (Å²) in [5.74, 6) is -0.131. The van der Waals surface area contributed by atoms with Crippen LogP contribution in [0.4, 0.5) is 0 Å². The minimum atomic E-state index is -0.886. The smallest absolute Gasteiger partial charge is 0.327 e. The lowest BCUT2D eigenvalue weighted by molar-refractivity contribution is -0.131. The zero-order valence-electron chi connectivity index (χ0n) is 13.7. The fourth-order valence-corrected chi connectivity index (χ4v) is 3.07. The average molecular weight is 301 g/mol. The number of carboxylic acids is 1. The summed E-state index contributed by atoms with van der Waals surface area (Å²) in [5, 5.41) is 8.61. The molecule has 0 bridgehead atoms. The number of hydrogen-bond acceptors (Lipinski definition) is 2. The van der Waals surface area contributed by atoms with E-state index in [1.54, 1.807) is 6.08 Å². The van der Waals surface area contributed by atoms with Gasteiger partial charge in [0.15, 0.2) is 0 Å². The third-order valence-corrected chi connectivity index (χ3v) is 4.34. The molecule has 0 aromatic heterocycles. The molecule has 1 fully saturated rings. The van der Waals surface area contributed by atoms with Gasteiger partial charge in [-0.05, 0) is 55.8 Å². The van der Waals surface area contributed by atoms with Crippen molar-refractivity contribution in [3.8, 4) is 0 Å². The Morgan fingerprint density at radius 3 is 2.73 bits per heavy atom. The van der Waals surface area contributed by atoms with Crippen LogP contribution in [0.2, 0.25) is 0 Å². The molecule has 1 aromatic rings. The Hall–Kier alpha value is -1.61. The molecule has 1 aliphatic rings. The number of aliphatic carboxylic acids is 1. The van der Waals surface area contributed by atoms with Crippen molar-refractivity contribution in [2.75, 3.05) is 13.1 Å². The van der Waals surface area contributed by atoms with E-state index in [1.165, 1.54) is 44.0 Å². The fourth-order valence-electron chi connectivity index (χ4n) is 3.07. The summed E-state index contributed by atoms with van der Waals surface area (Å²) in [7, 11) is 0. The molecule has 0 aliphatic carbocycles. The van der Waals surface area contributed by atoms with Gasteiger partial charge in [-0.15, -0.1) is 0 Å². The monoisotopic (exact) mass is 301 g/mol. The normalized spacial score (nSPS) is 19.3. The summed E-state index contributed by atoms with van der Waals surface area (Å²) in [5.41, 5.74) is 2.56. The second-order valence-electron chi connectivity index (χ2n) is 6.56. The summed E-state index contributed by atoms with van der Waals surface area (Å²) in [6.07, 6.45) is 7.37. The number of hydrogen-bond donors (Lipinski definition) is 1. The Kier molecular flexibility index (Phi) is 6.20. The van der Waals surface area contributed by atoms with E-state index in [9.17, 15) is 4.79 Å². The number of nitrogens with zero attached hydrogens (tertiary/aromatic N) is 1. The van der Waals surface area contributed by atoms with E-state index in [0.29, 0.717) is 12.5 Å². The molecular weight excluding hydrogens is 274 g/mol. The van der Waals surface area contributed by atoms with E-state index in [2.05, 4.69) is 43.0 Å². The maximum atomic E-state index is 10.5. The van der Waals surface area contributed by atoms with E-state index >= 15 is 0 Å². The first-order valence-corrected chi connectivity index (χ1v) is 8.28. The number of allylic oxidation sites excluding steroid dienone is 1. The highest BCUT2D eigenvalue weighted by Crippen LogP contribution is 2.32. The number of benzene rings is 1. The molecule has 1 aliphatic heterocycles.